The van der Waals surface area contributed by atoms with Gasteiger partial charge in [-0.1, -0.05) is 23.7 Å². The molecule has 0 radical (unpaired) electrons. The van der Waals surface area contributed by atoms with Crippen LogP contribution in [0.1, 0.15) is 35.7 Å². The lowest BCUT2D eigenvalue weighted by Crippen LogP contribution is -2.38. The van der Waals surface area contributed by atoms with E-state index >= 15 is 0 Å². The molecule has 1 aromatic carbocycles. The van der Waals surface area contributed by atoms with Crippen molar-refractivity contribution in [2.24, 2.45) is 0 Å². The number of hydrogen-bond donors (Lipinski definition) is 2. The smallest absolute Gasteiger partial charge is 0.326 e. The number of anilines is 1. The molecule has 0 unspecified atom stereocenters. The second-order valence-electron chi connectivity index (χ2n) is 7.24. The number of carboxylic acid groups (broad SMARTS) is 1. The highest BCUT2D eigenvalue weighted by atomic mass is 35.5. The first-order valence-electron chi connectivity index (χ1n) is 9.48. The lowest BCUT2D eigenvalue weighted by atomic mass is 10.0. The van der Waals surface area contributed by atoms with E-state index < -0.39 is 12.0 Å². The number of carbonyl (C=O) groups excluding carboxylic acids is 1. The highest BCUT2D eigenvalue weighted by Crippen LogP contribution is 2.32. The summed E-state index contributed by atoms with van der Waals surface area (Å²) >= 11 is 6.34. The first-order valence-corrected chi connectivity index (χ1v) is 9.85. The quantitative estimate of drug-likeness (QED) is 0.772. The number of ether oxygens (including phenoxy) is 1. The van der Waals surface area contributed by atoms with Gasteiger partial charge in [0.25, 0.3) is 5.91 Å². The molecule has 2 aromatic rings. The van der Waals surface area contributed by atoms with E-state index in [4.69, 9.17) is 16.3 Å². The van der Waals surface area contributed by atoms with Crippen LogP contribution in [0.5, 0.6) is 0 Å². The zero-order chi connectivity index (χ0) is 20.5. The Morgan fingerprint density at radius 1 is 1.38 bits per heavy atom. The van der Waals surface area contributed by atoms with Crippen LogP contribution in [0.15, 0.2) is 24.4 Å². The standard InChI is InChI=1S/C20H21ClN4O4/c1-11(19(27)28)25-10-13-3-2-12(8-15(13)18(25)26)17-16(21)9-22-20(24-17)23-14-4-6-29-7-5-14/h2-3,8-9,11,14H,4-7,10H2,1H3,(H,27,28)(H,22,23,24)/t11-/m1/s1. The number of aliphatic carboxylic acids is 1. The van der Waals surface area contributed by atoms with E-state index in [9.17, 15) is 14.7 Å². The van der Waals surface area contributed by atoms with Crippen LogP contribution in [-0.2, 0) is 16.1 Å². The number of benzene rings is 1. The first-order chi connectivity index (χ1) is 13.9. The van der Waals surface area contributed by atoms with Gasteiger partial charge in [-0.2, -0.15) is 0 Å². The number of rotatable bonds is 5. The van der Waals surface area contributed by atoms with E-state index in [0.717, 1.165) is 18.4 Å². The average Bonchev–Trinajstić information content (AvgIpc) is 3.05. The lowest BCUT2D eigenvalue weighted by Gasteiger charge is -2.23. The lowest BCUT2D eigenvalue weighted by molar-refractivity contribution is -0.141. The van der Waals surface area contributed by atoms with E-state index in [1.54, 1.807) is 12.3 Å². The Hall–Kier alpha value is -2.71. The molecule has 1 aromatic heterocycles. The minimum absolute atomic E-state index is 0.241. The van der Waals surface area contributed by atoms with Gasteiger partial charge in [-0.05, 0) is 31.4 Å². The molecule has 4 rings (SSSR count). The Morgan fingerprint density at radius 2 is 2.14 bits per heavy atom. The number of carbonyl (C=O) groups is 2. The van der Waals surface area contributed by atoms with Gasteiger partial charge in [0, 0.05) is 36.9 Å². The van der Waals surface area contributed by atoms with Crippen molar-refractivity contribution in [3.05, 3.63) is 40.5 Å². The van der Waals surface area contributed by atoms with Crippen LogP contribution in [0, 0.1) is 0 Å². The number of nitrogens with one attached hydrogen (secondary N) is 1. The molecule has 1 atom stereocenters. The molecule has 2 aliphatic rings. The summed E-state index contributed by atoms with van der Waals surface area (Å²) in [5, 5.41) is 12.9. The summed E-state index contributed by atoms with van der Waals surface area (Å²) in [4.78, 5) is 34.2. The number of hydrogen-bond acceptors (Lipinski definition) is 6. The fourth-order valence-electron chi connectivity index (χ4n) is 3.58. The maximum atomic E-state index is 12.7. The average molecular weight is 417 g/mol. The van der Waals surface area contributed by atoms with E-state index in [2.05, 4.69) is 15.3 Å². The normalized spacial score (nSPS) is 17.9. The zero-order valence-corrected chi connectivity index (χ0v) is 16.6. The maximum Gasteiger partial charge on any atom is 0.326 e. The molecule has 29 heavy (non-hydrogen) atoms. The van der Waals surface area contributed by atoms with Gasteiger partial charge in [-0.15, -0.1) is 0 Å². The molecule has 9 heteroatoms. The van der Waals surface area contributed by atoms with Crippen molar-refractivity contribution in [1.29, 1.82) is 0 Å². The van der Waals surface area contributed by atoms with Crippen molar-refractivity contribution in [2.45, 2.75) is 38.4 Å². The second kappa shape index (κ2) is 7.96. The van der Waals surface area contributed by atoms with Crippen LogP contribution in [-0.4, -0.2) is 57.1 Å². The molecule has 8 nitrogen and oxygen atoms in total. The Labute approximate surface area is 172 Å². The number of halogens is 1. The summed E-state index contributed by atoms with van der Waals surface area (Å²) in [5.74, 6) is -0.860. The molecule has 3 heterocycles. The van der Waals surface area contributed by atoms with Crippen molar-refractivity contribution in [1.82, 2.24) is 14.9 Å². The molecule has 1 saturated heterocycles. The molecule has 0 bridgehead atoms. The summed E-state index contributed by atoms with van der Waals surface area (Å²) < 4.78 is 5.37. The molecule has 0 spiro atoms. The Morgan fingerprint density at radius 3 is 2.86 bits per heavy atom. The molecule has 152 valence electrons. The van der Waals surface area contributed by atoms with Crippen LogP contribution in [0.3, 0.4) is 0 Å². The van der Waals surface area contributed by atoms with Crippen molar-refractivity contribution in [3.8, 4) is 11.3 Å². The largest absolute Gasteiger partial charge is 0.480 e. The highest BCUT2D eigenvalue weighted by Gasteiger charge is 2.34. The van der Waals surface area contributed by atoms with Gasteiger partial charge in [-0.3, -0.25) is 4.79 Å². The summed E-state index contributed by atoms with van der Waals surface area (Å²) in [6.07, 6.45) is 3.30. The molecule has 0 saturated carbocycles. The monoisotopic (exact) mass is 416 g/mol. The number of amides is 1. The van der Waals surface area contributed by atoms with E-state index in [-0.39, 0.29) is 18.5 Å². The van der Waals surface area contributed by atoms with Crippen molar-refractivity contribution >= 4 is 29.4 Å². The SMILES string of the molecule is C[C@H](C(=O)O)N1Cc2ccc(-c3nc(NC4CCOCC4)ncc3Cl)cc2C1=O. The van der Waals surface area contributed by atoms with Crippen molar-refractivity contribution in [2.75, 3.05) is 18.5 Å². The number of nitrogens with zero attached hydrogens (tertiary/aromatic N) is 3. The Balaban J connectivity index is 1.61. The highest BCUT2D eigenvalue weighted by molar-refractivity contribution is 6.33. The van der Waals surface area contributed by atoms with Crippen LogP contribution in [0.25, 0.3) is 11.3 Å². The molecular weight excluding hydrogens is 396 g/mol. The third kappa shape index (κ3) is 3.90. The first kappa shape index (κ1) is 19.6. The fourth-order valence-corrected chi connectivity index (χ4v) is 3.78. The predicted octanol–water partition coefficient (Wildman–Crippen LogP) is 2.82. The topological polar surface area (TPSA) is 105 Å². The van der Waals surface area contributed by atoms with Gasteiger partial charge in [0.1, 0.15) is 6.04 Å². The van der Waals surface area contributed by atoms with Crippen molar-refractivity contribution < 1.29 is 19.4 Å². The maximum absolute atomic E-state index is 12.7. The van der Waals surface area contributed by atoms with Gasteiger partial charge >= 0.3 is 5.97 Å². The van der Waals surface area contributed by atoms with Gasteiger partial charge in [0.2, 0.25) is 5.95 Å². The van der Waals surface area contributed by atoms with Gasteiger partial charge in [0.15, 0.2) is 0 Å². The van der Waals surface area contributed by atoms with Gasteiger partial charge in [0.05, 0.1) is 16.9 Å². The van der Waals surface area contributed by atoms with Crippen LogP contribution in [0.4, 0.5) is 5.95 Å². The molecular formula is C20H21ClN4O4. The van der Waals surface area contributed by atoms with E-state index in [1.165, 1.54) is 11.8 Å². The molecule has 0 aliphatic carbocycles. The Bertz CT molecular complexity index is 961. The van der Waals surface area contributed by atoms with Crippen LogP contribution in [0.2, 0.25) is 5.02 Å². The summed E-state index contributed by atoms with van der Waals surface area (Å²) in [6.45, 7) is 3.19. The minimum Gasteiger partial charge on any atom is -0.480 e. The zero-order valence-electron chi connectivity index (χ0n) is 15.9. The second-order valence-corrected chi connectivity index (χ2v) is 7.65. The number of aromatic nitrogens is 2. The van der Waals surface area contributed by atoms with Crippen LogP contribution >= 0.6 is 11.6 Å². The number of fused-ring (bicyclic) bond motifs is 1. The summed E-state index contributed by atoms with van der Waals surface area (Å²) in [5.41, 5.74) is 2.47. The molecule has 1 amide bonds. The Kier molecular flexibility index (Phi) is 5.38. The van der Waals surface area contributed by atoms with Gasteiger partial charge in [-0.25, -0.2) is 14.8 Å². The van der Waals surface area contributed by atoms with Gasteiger partial charge < -0.3 is 20.1 Å². The third-order valence-corrected chi connectivity index (χ3v) is 5.62. The van der Waals surface area contributed by atoms with Crippen molar-refractivity contribution in [3.63, 3.8) is 0 Å². The molecule has 2 N–H and O–H groups in total. The minimum atomic E-state index is -1.03. The fraction of sp³-hybridized carbons (Fsp3) is 0.400. The summed E-state index contributed by atoms with van der Waals surface area (Å²) in [7, 11) is 0. The molecule has 1 fully saturated rings. The van der Waals surface area contributed by atoms with E-state index in [0.29, 0.717) is 41.0 Å². The number of carboxylic acids is 1. The summed E-state index contributed by atoms with van der Waals surface area (Å²) in [6, 6.07) is 4.73. The van der Waals surface area contributed by atoms with E-state index in [1.807, 2.05) is 12.1 Å². The molecule has 2 aliphatic heterocycles. The third-order valence-electron chi connectivity index (χ3n) is 5.34. The van der Waals surface area contributed by atoms with Crippen LogP contribution < -0.4 is 5.32 Å². The predicted molar refractivity (Wildman–Crippen MR) is 107 cm³/mol.